The first kappa shape index (κ1) is 17.0. The fourth-order valence-corrected chi connectivity index (χ4v) is 16.1. The third-order valence-electron chi connectivity index (χ3n) is 2.81. The van der Waals surface area contributed by atoms with Gasteiger partial charge in [-0.3, -0.25) is 0 Å². The summed E-state index contributed by atoms with van der Waals surface area (Å²) in [6.45, 7) is 14.5. The molecule has 4 heteroatoms. The van der Waals surface area contributed by atoms with E-state index in [9.17, 15) is 0 Å². The zero-order valence-electron chi connectivity index (χ0n) is 12.2. The highest BCUT2D eigenvalue weighted by molar-refractivity contribution is 7.71. The Bertz CT molecular complexity index is 208. The Morgan fingerprint density at radius 2 is 0.875 bits per heavy atom. The van der Waals surface area contributed by atoms with E-state index >= 15 is 0 Å². The predicted octanol–water partition coefficient (Wildman–Crippen LogP) is 5.79. The van der Waals surface area contributed by atoms with E-state index in [0.29, 0.717) is 10.8 Å². The molecule has 2 unspecified atom stereocenters. The van der Waals surface area contributed by atoms with Gasteiger partial charge in [0.1, 0.15) is 0 Å². The van der Waals surface area contributed by atoms with Gasteiger partial charge in [-0.25, -0.2) is 0 Å². The molecule has 98 valence electrons. The first-order valence-corrected chi connectivity index (χ1v) is 14.5. The maximum Gasteiger partial charge on any atom is 0.162 e. The molecule has 0 N–H and O–H groups in total. The van der Waals surface area contributed by atoms with Crippen molar-refractivity contribution in [1.82, 2.24) is 0 Å². The first-order valence-electron chi connectivity index (χ1n) is 6.04. The summed E-state index contributed by atoms with van der Waals surface area (Å²) in [4.78, 5) is 0. The number of halogens is 2. The lowest BCUT2D eigenvalue weighted by Crippen LogP contribution is -2.54. The van der Waals surface area contributed by atoms with Crippen molar-refractivity contribution in [2.75, 3.05) is 0 Å². The van der Waals surface area contributed by atoms with E-state index < -0.39 is 13.8 Å². The molecule has 0 fully saturated rings. The molecule has 0 radical (unpaired) electrons. The Morgan fingerprint density at radius 3 is 1.00 bits per heavy atom. The van der Waals surface area contributed by atoms with E-state index in [2.05, 4.69) is 54.6 Å². The van der Waals surface area contributed by atoms with Crippen LogP contribution in [0.25, 0.3) is 0 Å². The molecule has 2 atom stereocenters. The van der Waals surface area contributed by atoms with Crippen LogP contribution in [0.3, 0.4) is 0 Å². The molecule has 0 saturated carbocycles. The number of hydrogen-bond donors (Lipinski definition) is 0. The minimum absolute atomic E-state index is 0.295. The summed E-state index contributed by atoms with van der Waals surface area (Å²) < 4.78 is 0. The molecule has 0 aromatic rings. The van der Waals surface area contributed by atoms with Gasteiger partial charge in [0.2, 0.25) is 0 Å². The van der Waals surface area contributed by atoms with Crippen LogP contribution in [0.4, 0.5) is 0 Å². The highest BCUT2D eigenvalue weighted by Crippen LogP contribution is 2.43. The van der Waals surface area contributed by atoms with Gasteiger partial charge in [-0.1, -0.05) is 54.6 Å². The number of rotatable bonds is 3. The molecule has 0 aliphatic carbocycles. The van der Waals surface area contributed by atoms with Crippen LogP contribution in [0.1, 0.15) is 41.5 Å². The Hall–Kier alpha value is 1.01. The van der Waals surface area contributed by atoms with Gasteiger partial charge in [0.15, 0.2) is 13.8 Å². The van der Waals surface area contributed by atoms with Crippen molar-refractivity contribution in [3.05, 3.63) is 0 Å². The molecule has 0 aliphatic rings. The molecule has 0 bridgehead atoms. The summed E-state index contributed by atoms with van der Waals surface area (Å²) in [5.74, 6) is 0. The van der Waals surface area contributed by atoms with Crippen molar-refractivity contribution >= 4 is 36.0 Å². The van der Waals surface area contributed by atoms with E-state index in [1.165, 1.54) is 0 Å². The molecule has 0 heterocycles. The lowest BCUT2D eigenvalue weighted by atomic mass is 10.0. The second-order valence-electron chi connectivity index (χ2n) is 7.87. The second-order valence-corrected chi connectivity index (χ2v) is 26.9. The lowest BCUT2D eigenvalue weighted by molar-refractivity contribution is 0.458. The molecule has 0 aliphatic heterocycles. The van der Waals surface area contributed by atoms with Gasteiger partial charge in [-0.15, -0.1) is 0 Å². The minimum atomic E-state index is -1.80. The van der Waals surface area contributed by atoms with Crippen molar-refractivity contribution in [2.24, 2.45) is 10.8 Å². The molecule has 0 aromatic carbocycles. The molecule has 0 saturated heterocycles. The number of hydrogen-bond acceptors (Lipinski definition) is 0. The first-order chi connectivity index (χ1) is 6.66. The highest BCUT2D eigenvalue weighted by Gasteiger charge is 2.50. The van der Waals surface area contributed by atoms with Crippen molar-refractivity contribution in [2.45, 2.75) is 66.7 Å². The molecular weight excluding hydrogens is 271 g/mol. The van der Waals surface area contributed by atoms with E-state index in [1.54, 1.807) is 0 Å². The fourth-order valence-electron chi connectivity index (χ4n) is 2.36. The molecule has 0 spiro atoms. The van der Waals surface area contributed by atoms with Gasteiger partial charge in [-0.2, -0.15) is 22.2 Å². The monoisotopic (exact) mass is 298 g/mol. The maximum absolute atomic E-state index is 6.89. The maximum atomic E-state index is 6.89. The molecule has 0 rings (SSSR count). The van der Waals surface area contributed by atoms with Gasteiger partial charge in [0.25, 0.3) is 0 Å². The standard InChI is InChI=1S/C12H28Cl2Si2/c1-11(2,3)9-15(7,13)16(8,14)10-12(4,5)6/h9-10H2,1-8H3. The minimum Gasteiger partial charge on any atom is -0.169 e. The summed E-state index contributed by atoms with van der Waals surface area (Å²) in [6.07, 6.45) is 0. The van der Waals surface area contributed by atoms with Crippen LogP contribution in [-0.2, 0) is 0 Å². The van der Waals surface area contributed by atoms with E-state index in [4.69, 9.17) is 22.2 Å². The molecule has 16 heavy (non-hydrogen) atoms. The Labute approximate surface area is 113 Å². The summed E-state index contributed by atoms with van der Waals surface area (Å²) >= 11 is 13.8. The normalized spacial score (nSPS) is 21.4. The van der Waals surface area contributed by atoms with Crippen LogP contribution in [-0.4, -0.2) is 13.8 Å². The van der Waals surface area contributed by atoms with Crippen LogP contribution in [0, 0.1) is 10.8 Å². The van der Waals surface area contributed by atoms with Gasteiger partial charge in [-0.05, 0) is 22.9 Å². The average Bonchev–Trinajstić information content (AvgIpc) is 1.72. The van der Waals surface area contributed by atoms with E-state index in [0.717, 1.165) is 12.1 Å². The second kappa shape index (κ2) is 4.95. The molecule has 0 aromatic heterocycles. The van der Waals surface area contributed by atoms with Crippen LogP contribution in [0.15, 0.2) is 0 Å². The van der Waals surface area contributed by atoms with Gasteiger partial charge >= 0.3 is 0 Å². The van der Waals surface area contributed by atoms with Crippen LogP contribution < -0.4 is 0 Å². The highest BCUT2D eigenvalue weighted by atomic mass is 35.6. The Morgan fingerprint density at radius 1 is 0.688 bits per heavy atom. The fraction of sp³-hybridized carbons (Fsp3) is 1.00. The van der Waals surface area contributed by atoms with E-state index in [1.807, 2.05) is 0 Å². The van der Waals surface area contributed by atoms with Crippen molar-refractivity contribution in [3.8, 4) is 0 Å². The quantitative estimate of drug-likeness (QED) is 0.457. The van der Waals surface area contributed by atoms with Crippen LogP contribution in [0.2, 0.25) is 25.2 Å². The van der Waals surface area contributed by atoms with Gasteiger partial charge in [0, 0.05) is 0 Å². The lowest BCUT2D eigenvalue weighted by Gasteiger charge is -2.40. The van der Waals surface area contributed by atoms with Crippen LogP contribution in [0.5, 0.6) is 0 Å². The van der Waals surface area contributed by atoms with Crippen molar-refractivity contribution in [1.29, 1.82) is 0 Å². The van der Waals surface area contributed by atoms with Crippen LogP contribution >= 0.6 is 22.2 Å². The molecular formula is C12H28Cl2Si2. The third-order valence-corrected chi connectivity index (χ3v) is 25.2. The average molecular weight is 299 g/mol. The SMILES string of the molecule is CC(C)(C)C[Si](C)(Cl)[Si](C)(Cl)CC(C)(C)C. The summed E-state index contributed by atoms with van der Waals surface area (Å²) in [6, 6.07) is 2.23. The molecule has 0 nitrogen and oxygen atoms in total. The smallest absolute Gasteiger partial charge is 0.162 e. The zero-order chi connectivity index (χ0) is 13.4. The van der Waals surface area contributed by atoms with Crippen molar-refractivity contribution in [3.63, 3.8) is 0 Å². The van der Waals surface area contributed by atoms with Gasteiger partial charge in [0.05, 0.1) is 0 Å². The third kappa shape index (κ3) is 6.08. The summed E-state index contributed by atoms with van der Waals surface area (Å²) in [7, 11) is 0. The van der Waals surface area contributed by atoms with E-state index in [-0.39, 0.29) is 0 Å². The van der Waals surface area contributed by atoms with Gasteiger partial charge < -0.3 is 0 Å². The Balaban J connectivity index is 4.85. The predicted molar refractivity (Wildman–Crippen MR) is 83.5 cm³/mol. The molecule has 0 amide bonds. The topological polar surface area (TPSA) is 0 Å². The van der Waals surface area contributed by atoms with Crippen molar-refractivity contribution < 1.29 is 0 Å². The largest absolute Gasteiger partial charge is 0.169 e. The summed E-state index contributed by atoms with van der Waals surface area (Å²) in [5.41, 5.74) is 0.591. The Kier molecular flexibility index (Phi) is 5.26. The zero-order valence-corrected chi connectivity index (χ0v) is 15.7. The summed E-state index contributed by atoms with van der Waals surface area (Å²) in [5, 5.41) is 0.